The summed E-state index contributed by atoms with van der Waals surface area (Å²) in [5, 5.41) is 86.1. The Morgan fingerprint density at radius 2 is 0.843 bits per heavy atom. The Labute approximate surface area is 615 Å². The number of carboxylic acid groups (broad SMARTS) is 6. The number of aromatic carboxylic acids is 1. The molecule has 0 spiro atoms. The molecule has 5 aromatic rings. The van der Waals surface area contributed by atoms with Crippen molar-refractivity contribution in [2.24, 2.45) is 0 Å². The Morgan fingerprint density at radius 1 is 0.407 bits per heavy atom. The maximum atomic E-state index is 14.5. The topological polar surface area (TPSA) is 572 Å². The Kier molecular flexibility index (Phi) is 34.0. The number of hydrogen-bond acceptors (Lipinski definition) is 17. The molecule has 19 N–H and O–H groups in total. The number of rotatable bonds is 45. The number of unbranched alkanes of at least 4 members (excludes halogenated alkanes) is 1. The third-order valence-electron chi connectivity index (χ3n) is 16.5. The third-order valence-corrected chi connectivity index (χ3v) is 16.5. The third kappa shape index (κ3) is 29.7. The fourth-order valence-electron chi connectivity index (χ4n) is 10.8. The first-order valence-electron chi connectivity index (χ1n) is 33.9. The molecular weight excluding hydrogens is 1420 g/mol. The smallest absolute Gasteiger partial charge is 0.335 e. The number of carbonyl (C=O) groups excluding carboxylic acids is 11. The zero-order chi connectivity index (χ0) is 79.7. The van der Waals surface area contributed by atoms with Gasteiger partial charge in [0.05, 0.1) is 12.1 Å². The van der Waals surface area contributed by atoms with Crippen molar-refractivity contribution in [2.75, 3.05) is 13.1 Å². The van der Waals surface area contributed by atoms with Gasteiger partial charge < -0.3 is 99.4 Å². The fraction of sp³-hybridized carbons (Fsp3) is 0.394. The zero-order valence-electron chi connectivity index (χ0n) is 58.8. The van der Waals surface area contributed by atoms with Gasteiger partial charge in [-0.05, 0) is 105 Å². The van der Waals surface area contributed by atoms with Crippen LogP contribution in [0.2, 0.25) is 0 Å². The summed E-state index contributed by atoms with van der Waals surface area (Å²) in [6, 6.07) is 8.98. The summed E-state index contributed by atoms with van der Waals surface area (Å²) in [6.45, 7) is 2.50. The van der Waals surface area contributed by atoms with Crippen molar-refractivity contribution in [3.05, 3.63) is 143 Å². The highest BCUT2D eigenvalue weighted by atomic mass is 19.1. The lowest BCUT2D eigenvalue weighted by Crippen LogP contribution is -2.59. The lowest BCUT2D eigenvalue weighted by Gasteiger charge is -2.26. The van der Waals surface area contributed by atoms with Crippen LogP contribution in [0.15, 0.2) is 109 Å². The molecule has 0 aliphatic carbocycles. The molecule has 0 saturated heterocycles. The number of aromatic amines is 1. The molecule has 5 rings (SSSR count). The van der Waals surface area contributed by atoms with Crippen molar-refractivity contribution >= 4 is 112 Å². The van der Waals surface area contributed by atoms with Crippen molar-refractivity contribution in [2.45, 2.75) is 165 Å². The van der Waals surface area contributed by atoms with Gasteiger partial charge in [0, 0.05) is 75.5 Å². The Morgan fingerprint density at radius 3 is 1.37 bits per heavy atom. The number of urea groups is 1. The number of carboxylic acids is 6. The number of fused-ring (bicyclic) bond motifs is 1. The van der Waals surface area contributed by atoms with Crippen molar-refractivity contribution in [1.29, 1.82) is 0 Å². The van der Waals surface area contributed by atoms with E-state index in [-0.39, 0.29) is 56.2 Å². The lowest BCUT2D eigenvalue weighted by molar-refractivity contribution is -0.141. The summed E-state index contributed by atoms with van der Waals surface area (Å²) in [5.74, 6) is -19.3. The number of aromatic nitrogens is 1. The summed E-state index contributed by atoms with van der Waals surface area (Å²) in [4.78, 5) is 224. The summed E-state index contributed by atoms with van der Waals surface area (Å²) in [7, 11) is 0. The Bertz CT molecular complexity index is 4090. The van der Waals surface area contributed by atoms with Crippen LogP contribution in [0, 0.1) is 5.82 Å². The van der Waals surface area contributed by atoms with Crippen LogP contribution in [-0.4, -0.2) is 210 Å². The van der Waals surface area contributed by atoms with Crippen molar-refractivity contribution in [1.82, 2.24) is 68.8 Å². The highest BCUT2D eigenvalue weighted by Gasteiger charge is 2.35. The van der Waals surface area contributed by atoms with Gasteiger partial charge in [0.1, 0.15) is 66.2 Å². The second-order valence-corrected chi connectivity index (χ2v) is 25.1. The maximum Gasteiger partial charge on any atom is 0.335 e. The number of H-pyrrole nitrogens is 1. The first-order valence-corrected chi connectivity index (χ1v) is 33.9. The van der Waals surface area contributed by atoms with Gasteiger partial charge in [0.2, 0.25) is 59.1 Å². The van der Waals surface area contributed by atoms with Crippen LogP contribution in [0.1, 0.15) is 111 Å². The van der Waals surface area contributed by atoms with Gasteiger partial charge in [-0.2, -0.15) is 0 Å². The monoisotopic (exact) mass is 1510 g/mol. The van der Waals surface area contributed by atoms with Crippen LogP contribution in [0.5, 0.6) is 0 Å². The van der Waals surface area contributed by atoms with E-state index in [2.05, 4.69) is 63.5 Å². The van der Waals surface area contributed by atoms with E-state index in [1.807, 2.05) is 5.32 Å². The molecule has 0 bridgehead atoms. The van der Waals surface area contributed by atoms with Gasteiger partial charge >= 0.3 is 41.8 Å². The molecule has 12 amide bonds. The molecule has 0 aliphatic rings. The number of halogens is 1. The van der Waals surface area contributed by atoms with Crippen molar-refractivity contribution < 1.29 is 117 Å². The van der Waals surface area contributed by atoms with Crippen molar-refractivity contribution in [3.8, 4) is 0 Å². The Hall–Kier alpha value is -12.9. The van der Waals surface area contributed by atoms with Crippen LogP contribution in [-0.2, 0) is 97.6 Å². The average Bonchev–Trinajstić information content (AvgIpc) is 1.65. The Balaban J connectivity index is 1.29. The SMILES string of the molecule is CC(=O)N[C@@H](Cc1ccccc1)C(=O)N[C@@H](Cc1ccccc1)C(=O)N[C@@H](C)C(=O)N[C@@H](C)C(=O)N[C@@H](CCC(=O)O)C(=O)N[C@@H](CCC(=O)O)C(=O)N[C@@H](Cc1cccc(C(=O)O)c1)C(=O)NCC(=O)N[C@@H](Cc1c[nH]c2ccc(F)cc12)C(=O)NCCCC[C@H](NC(=O)N[C@@H](CCC(=O)O)C(=O)O)C(=O)O. The van der Waals surface area contributed by atoms with E-state index >= 15 is 0 Å². The van der Waals surface area contributed by atoms with Gasteiger partial charge in [-0.25, -0.2) is 23.6 Å². The van der Waals surface area contributed by atoms with E-state index in [0.717, 1.165) is 25.1 Å². The van der Waals surface area contributed by atoms with E-state index in [4.69, 9.17) is 5.11 Å². The molecule has 580 valence electrons. The number of aliphatic carboxylic acids is 5. The van der Waals surface area contributed by atoms with E-state index in [1.54, 1.807) is 60.7 Å². The number of nitrogens with one attached hydrogen (secondary N) is 13. The number of benzene rings is 4. The van der Waals surface area contributed by atoms with Gasteiger partial charge in [0.25, 0.3) is 0 Å². The molecule has 4 aromatic carbocycles. The molecule has 10 atom stereocenters. The van der Waals surface area contributed by atoms with Crippen LogP contribution < -0.4 is 63.8 Å². The minimum absolute atomic E-state index is 0.0142. The molecule has 1 heterocycles. The molecule has 0 radical (unpaired) electrons. The first-order chi connectivity index (χ1) is 51.2. The largest absolute Gasteiger partial charge is 0.481 e. The fourth-order valence-corrected chi connectivity index (χ4v) is 10.8. The molecular formula is C71H86FN13O23. The zero-order valence-corrected chi connectivity index (χ0v) is 58.8. The van der Waals surface area contributed by atoms with E-state index < -0.39 is 219 Å². The quantitative estimate of drug-likeness (QED) is 0.0217. The molecule has 0 fully saturated rings. The molecule has 108 heavy (non-hydrogen) atoms. The first kappa shape index (κ1) is 85.8. The highest BCUT2D eigenvalue weighted by molar-refractivity contribution is 5.99. The maximum absolute atomic E-state index is 14.5. The van der Waals surface area contributed by atoms with Crippen LogP contribution in [0.3, 0.4) is 0 Å². The summed E-state index contributed by atoms with van der Waals surface area (Å²) in [6.07, 6.45) is -3.82. The minimum atomic E-state index is -1.92. The van der Waals surface area contributed by atoms with Crippen LogP contribution >= 0.6 is 0 Å². The minimum Gasteiger partial charge on any atom is -0.481 e. The van der Waals surface area contributed by atoms with E-state index in [1.165, 1.54) is 44.3 Å². The van der Waals surface area contributed by atoms with Gasteiger partial charge in [0.15, 0.2) is 0 Å². The molecule has 0 unspecified atom stereocenters. The molecule has 0 saturated carbocycles. The summed E-state index contributed by atoms with van der Waals surface area (Å²) < 4.78 is 14.5. The number of amides is 12. The molecule has 37 heteroatoms. The lowest BCUT2D eigenvalue weighted by atomic mass is 10.0. The van der Waals surface area contributed by atoms with Gasteiger partial charge in [-0.1, -0.05) is 72.8 Å². The molecule has 36 nitrogen and oxygen atoms in total. The standard InChI is InChI=1S/C71H86FN13O23/c1-37(77-66(100)54(31-41-15-8-5-9-16-41)83-67(101)53(78-39(3)86)30-40-13-6-4-7-14-40)60(94)76-38(2)61(95)80-48(22-25-57(88)89)64(98)81-49(23-26-58(90)91)65(99)82-52(32-42-17-12-18-43(29-42)68(102)103)63(97)75-36-56(87)79-55(33-44-35-74-47-21-20-45(72)34-46(44)47)62(96)73-28-11-10-19-50(69(104)105)84-71(108)85-51(70(106)107)24-27-59(92)93/h4-9,12-18,20-21,29,34-35,37-38,48-55,74H,10-11,19,22-28,30-33,36H2,1-3H3,(H,73,96)(H,75,97)(H,76,94)(H,77,100)(H,78,86)(H,79,87)(H,80,95)(H,81,98)(H,82,99)(H,83,101)(H,88,89)(H,90,91)(H,92,93)(H,102,103)(H,104,105)(H,106,107)(H2,84,85,108)/t37-,38-,48-,49-,50-,51-,52-,53-,54-,55-/m0/s1. The van der Waals surface area contributed by atoms with Crippen LogP contribution in [0.4, 0.5) is 9.18 Å². The normalized spacial score (nSPS) is 13.7. The van der Waals surface area contributed by atoms with Gasteiger partial charge in [-0.3, -0.25) is 62.3 Å². The second kappa shape index (κ2) is 42.8. The number of carbonyl (C=O) groups is 17. The molecule has 1 aromatic heterocycles. The summed E-state index contributed by atoms with van der Waals surface area (Å²) in [5.41, 5.74) is 1.87. The highest BCUT2D eigenvalue weighted by Crippen LogP contribution is 2.22. The van der Waals surface area contributed by atoms with Gasteiger partial charge in [-0.15, -0.1) is 0 Å². The van der Waals surface area contributed by atoms with Crippen molar-refractivity contribution in [3.63, 3.8) is 0 Å². The summed E-state index contributed by atoms with van der Waals surface area (Å²) >= 11 is 0. The predicted molar refractivity (Wildman–Crippen MR) is 377 cm³/mol. The van der Waals surface area contributed by atoms with E-state index in [0.29, 0.717) is 27.6 Å². The van der Waals surface area contributed by atoms with E-state index in [9.17, 15) is 111 Å². The second-order valence-electron chi connectivity index (χ2n) is 25.1. The molecule has 0 aliphatic heterocycles. The average molecular weight is 1510 g/mol. The number of hydrogen-bond donors (Lipinski definition) is 19. The van der Waals surface area contributed by atoms with Crippen LogP contribution in [0.25, 0.3) is 10.9 Å². The predicted octanol–water partition coefficient (Wildman–Crippen LogP) is -0.583.